The van der Waals surface area contributed by atoms with Crippen LogP contribution in [0.25, 0.3) is 5.69 Å². The van der Waals surface area contributed by atoms with Gasteiger partial charge in [-0.15, -0.1) is 12.4 Å². The molecule has 22 heavy (non-hydrogen) atoms. The number of benzene rings is 1. The van der Waals surface area contributed by atoms with Crippen molar-refractivity contribution in [1.29, 1.82) is 0 Å². The van der Waals surface area contributed by atoms with Gasteiger partial charge in [0.2, 0.25) is 0 Å². The van der Waals surface area contributed by atoms with Gasteiger partial charge < -0.3 is 11.1 Å². The minimum absolute atomic E-state index is 0. The molecular weight excluding hydrogens is 368 g/mol. The Hall–Kier alpha value is -1.37. The van der Waals surface area contributed by atoms with Crippen LogP contribution in [0, 0.1) is 13.8 Å². The maximum absolute atomic E-state index is 11.9. The zero-order chi connectivity index (χ0) is 15.4. The van der Waals surface area contributed by atoms with Crippen molar-refractivity contribution in [1.82, 2.24) is 15.1 Å². The molecule has 120 valence electrons. The molecule has 7 heteroatoms. The van der Waals surface area contributed by atoms with Gasteiger partial charge in [0.15, 0.2) is 0 Å². The smallest absolute Gasteiger partial charge is 0.251 e. The lowest BCUT2D eigenvalue weighted by molar-refractivity contribution is 0.0953. The molecule has 0 radical (unpaired) electrons. The fourth-order valence-corrected chi connectivity index (χ4v) is 2.28. The van der Waals surface area contributed by atoms with Gasteiger partial charge in [-0.3, -0.25) is 4.79 Å². The molecule has 2 aromatic rings. The predicted octanol–water partition coefficient (Wildman–Crippen LogP) is 2.75. The number of aromatic nitrogens is 2. The van der Waals surface area contributed by atoms with E-state index in [2.05, 4.69) is 26.3 Å². The molecule has 0 saturated carbocycles. The summed E-state index contributed by atoms with van der Waals surface area (Å²) >= 11 is 3.51. The van der Waals surface area contributed by atoms with E-state index in [1.807, 2.05) is 30.7 Å². The van der Waals surface area contributed by atoms with E-state index in [4.69, 9.17) is 5.73 Å². The van der Waals surface area contributed by atoms with E-state index in [0.29, 0.717) is 18.7 Å². The highest BCUT2D eigenvalue weighted by Gasteiger charge is 2.11. The molecule has 1 aromatic heterocycles. The van der Waals surface area contributed by atoms with Crippen LogP contribution in [0.1, 0.15) is 28.2 Å². The van der Waals surface area contributed by atoms with Crippen molar-refractivity contribution in [2.75, 3.05) is 13.1 Å². The molecule has 5 nitrogen and oxygen atoms in total. The zero-order valence-electron chi connectivity index (χ0n) is 12.6. The van der Waals surface area contributed by atoms with Crippen molar-refractivity contribution in [3.63, 3.8) is 0 Å². The van der Waals surface area contributed by atoms with Crippen molar-refractivity contribution in [3.8, 4) is 5.69 Å². The Kier molecular flexibility index (Phi) is 7.06. The molecule has 0 bridgehead atoms. The molecule has 0 unspecified atom stereocenters. The van der Waals surface area contributed by atoms with Gasteiger partial charge >= 0.3 is 0 Å². The van der Waals surface area contributed by atoms with Crippen LogP contribution in [0.15, 0.2) is 28.7 Å². The third-order valence-electron chi connectivity index (χ3n) is 3.24. The second-order valence-electron chi connectivity index (χ2n) is 4.84. The number of hydrogen-bond acceptors (Lipinski definition) is 3. The van der Waals surface area contributed by atoms with Crippen LogP contribution in [-0.4, -0.2) is 28.8 Å². The normalized spacial score (nSPS) is 10.2. The fourth-order valence-electron chi connectivity index (χ4n) is 2.04. The number of nitrogens with zero attached hydrogens (tertiary/aromatic N) is 2. The second-order valence-corrected chi connectivity index (χ2v) is 5.63. The molecule has 1 aromatic carbocycles. The monoisotopic (exact) mass is 386 g/mol. The predicted molar refractivity (Wildman–Crippen MR) is 94.0 cm³/mol. The molecule has 2 rings (SSSR count). The van der Waals surface area contributed by atoms with Crippen LogP contribution in [0.3, 0.4) is 0 Å². The fraction of sp³-hybridized carbons (Fsp3) is 0.333. The van der Waals surface area contributed by atoms with E-state index < -0.39 is 0 Å². The van der Waals surface area contributed by atoms with E-state index in [-0.39, 0.29) is 18.3 Å². The molecule has 0 spiro atoms. The zero-order valence-corrected chi connectivity index (χ0v) is 15.0. The molecule has 0 aliphatic rings. The van der Waals surface area contributed by atoms with Crippen LogP contribution in [0.4, 0.5) is 0 Å². The number of rotatable bonds is 5. The highest BCUT2D eigenvalue weighted by Crippen LogP contribution is 2.23. The Morgan fingerprint density at radius 3 is 2.45 bits per heavy atom. The van der Waals surface area contributed by atoms with Crippen LogP contribution in [0.5, 0.6) is 0 Å². The highest BCUT2D eigenvalue weighted by molar-refractivity contribution is 9.10. The molecule has 0 atom stereocenters. The third-order valence-corrected chi connectivity index (χ3v) is 4.39. The van der Waals surface area contributed by atoms with Gasteiger partial charge in [0.05, 0.1) is 21.5 Å². The average Bonchev–Trinajstić information content (AvgIpc) is 2.75. The Labute approximate surface area is 144 Å². The Morgan fingerprint density at radius 2 is 1.95 bits per heavy atom. The van der Waals surface area contributed by atoms with Gasteiger partial charge in [-0.1, -0.05) is 0 Å². The number of carbonyl (C=O) groups excluding carboxylic acids is 1. The second kappa shape index (κ2) is 8.31. The van der Waals surface area contributed by atoms with Crippen molar-refractivity contribution in [3.05, 3.63) is 45.7 Å². The van der Waals surface area contributed by atoms with Gasteiger partial charge in [0, 0.05) is 12.1 Å². The lowest BCUT2D eigenvalue weighted by Gasteiger charge is -2.07. The SMILES string of the molecule is Cc1nn(-c2ccc(C(=O)NCCCN)cc2)c(C)c1Br.Cl. The van der Waals surface area contributed by atoms with Gasteiger partial charge in [-0.2, -0.15) is 5.10 Å². The van der Waals surface area contributed by atoms with Crippen molar-refractivity contribution >= 4 is 34.2 Å². The highest BCUT2D eigenvalue weighted by atomic mass is 79.9. The largest absolute Gasteiger partial charge is 0.352 e. The maximum atomic E-state index is 11.9. The quantitative estimate of drug-likeness (QED) is 0.775. The summed E-state index contributed by atoms with van der Waals surface area (Å²) in [6, 6.07) is 7.39. The lowest BCUT2D eigenvalue weighted by Crippen LogP contribution is -2.25. The number of hydrogen-bond donors (Lipinski definition) is 2. The van der Waals surface area contributed by atoms with Crippen molar-refractivity contribution in [2.24, 2.45) is 5.73 Å². The maximum Gasteiger partial charge on any atom is 0.251 e. The summed E-state index contributed by atoms with van der Waals surface area (Å²) < 4.78 is 2.86. The van der Waals surface area contributed by atoms with Gasteiger partial charge in [0.25, 0.3) is 5.91 Å². The van der Waals surface area contributed by atoms with E-state index in [9.17, 15) is 4.79 Å². The Balaban J connectivity index is 0.00000242. The summed E-state index contributed by atoms with van der Waals surface area (Å²) in [7, 11) is 0. The van der Waals surface area contributed by atoms with Crippen LogP contribution in [-0.2, 0) is 0 Å². The molecular formula is C15H20BrClN4O. The summed E-state index contributed by atoms with van der Waals surface area (Å²) in [6.45, 7) is 5.12. The average molecular weight is 388 g/mol. The standard InChI is InChI=1S/C15H19BrN4O.ClH/c1-10-14(16)11(2)20(19-10)13-6-4-12(5-7-13)15(21)18-9-3-8-17;/h4-7H,3,8-9,17H2,1-2H3,(H,18,21);1H. The molecule has 0 fully saturated rings. The molecule has 1 heterocycles. The van der Waals surface area contributed by atoms with Gasteiger partial charge in [0.1, 0.15) is 0 Å². The first-order valence-electron chi connectivity index (χ1n) is 6.85. The Bertz CT molecular complexity index is 640. The number of aryl methyl sites for hydroxylation is 1. The molecule has 0 aliphatic heterocycles. The van der Waals surface area contributed by atoms with E-state index in [1.165, 1.54) is 0 Å². The van der Waals surface area contributed by atoms with E-state index in [0.717, 1.165) is 28.0 Å². The first-order valence-corrected chi connectivity index (χ1v) is 7.64. The van der Waals surface area contributed by atoms with E-state index in [1.54, 1.807) is 12.1 Å². The number of carbonyl (C=O) groups is 1. The topological polar surface area (TPSA) is 72.9 Å². The Morgan fingerprint density at radius 1 is 1.32 bits per heavy atom. The van der Waals surface area contributed by atoms with Crippen LogP contribution >= 0.6 is 28.3 Å². The van der Waals surface area contributed by atoms with Crippen LogP contribution < -0.4 is 11.1 Å². The minimum atomic E-state index is -0.0791. The first-order chi connectivity index (χ1) is 10.0. The molecule has 0 aliphatic carbocycles. The summed E-state index contributed by atoms with van der Waals surface area (Å²) in [5.74, 6) is -0.0791. The molecule has 3 N–H and O–H groups in total. The van der Waals surface area contributed by atoms with E-state index >= 15 is 0 Å². The number of amides is 1. The molecule has 0 saturated heterocycles. The summed E-state index contributed by atoms with van der Waals surface area (Å²) in [4.78, 5) is 11.9. The van der Waals surface area contributed by atoms with Gasteiger partial charge in [-0.25, -0.2) is 4.68 Å². The summed E-state index contributed by atoms with van der Waals surface area (Å²) in [6.07, 6.45) is 0.781. The lowest BCUT2D eigenvalue weighted by atomic mass is 10.2. The number of halogens is 2. The van der Waals surface area contributed by atoms with Crippen molar-refractivity contribution < 1.29 is 4.79 Å². The minimum Gasteiger partial charge on any atom is -0.352 e. The third kappa shape index (κ3) is 4.09. The van der Waals surface area contributed by atoms with Crippen LogP contribution in [0.2, 0.25) is 0 Å². The summed E-state index contributed by atoms with van der Waals surface area (Å²) in [5.41, 5.74) is 8.94. The first kappa shape index (κ1) is 18.7. The number of nitrogens with one attached hydrogen (secondary N) is 1. The summed E-state index contributed by atoms with van der Waals surface area (Å²) in [5, 5.41) is 7.31. The molecule has 1 amide bonds. The van der Waals surface area contributed by atoms with Gasteiger partial charge in [-0.05, 0) is 67.0 Å². The van der Waals surface area contributed by atoms with Crippen molar-refractivity contribution in [2.45, 2.75) is 20.3 Å². The number of nitrogens with two attached hydrogens (primary N) is 1.